The zero-order chi connectivity index (χ0) is 8.84. The topological polar surface area (TPSA) is 41.6 Å². The number of halogens is 1. The van der Waals surface area contributed by atoms with Crippen LogP contribution in [-0.2, 0) is 0 Å². The summed E-state index contributed by atoms with van der Waals surface area (Å²) in [6.07, 6.45) is 4.36. The highest BCUT2D eigenvalue weighted by atomic mass is 79.9. The molecule has 1 aliphatic rings. The molecule has 0 radical (unpaired) electrons. The molecule has 2 aromatic rings. The van der Waals surface area contributed by atoms with Gasteiger partial charge in [0.25, 0.3) is 0 Å². The maximum Gasteiger partial charge on any atom is 0.110 e. The molecule has 0 atom stereocenters. The fourth-order valence-corrected chi connectivity index (χ4v) is 1.77. The molecule has 0 unspecified atom stereocenters. The summed E-state index contributed by atoms with van der Waals surface area (Å²) in [5.74, 6) is 1.79. The lowest BCUT2D eigenvalue weighted by molar-refractivity contribution is 0.986. The van der Waals surface area contributed by atoms with Crippen LogP contribution in [0.15, 0.2) is 16.9 Å². The van der Waals surface area contributed by atoms with E-state index in [-0.39, 0.29) is 0 Å². The summed E-state index contributed by atoms with van der Waals surface area (Å²) in [5.41, 5.74) is 2.04. The van der Waals surface area contributed by atoms with Crippen LogP contribution >= 0.6 is 15.9 Å². The lowest BCUT2D eigenvalue weighted by Gasteiger charge is -1.86. The van der Waals surface area contributed by atoms with Gasteiger partial charge in [0.2, 0.25) is 0 Å². The van der Waals surface area contributed by atoms with Crippen molar-refractivity contribution in [2.24, 2.45) is 0 Å². The van der Waals surface area contributed by atoms with E-state index < -0.39 is 0 Å². The average molecular weight is 238 g/mol. The summed E-state index contributed by atoms with van der Waals surface area (Å²) in [5, 5.41) is 0. The molecule has 0 amide bonds. The van der Waals surface area contributed by atoms with Crippen LogP contribution in [-0.4, -0.2) is 15.0 Å². The van der Waals surface area contributed by atoms with Gasteiger partial charge in [0.15, 0.2) is 0 Å². The Labute approximate surface area is 83.7 Å². The largest absolute Gasteiger partial charge is 0.340 e. The number of hydrogen-bond donors (Lipinski definition) is 1. The van der Waals surface area contributed by atoms with Gasteiger partial charge in [0.05, 0.1) is 17.2 Å². The second-order valence-corrected chi connectivity index (χ2v) is 4.23. The van der Waals surface area contributed by atoms with Crippen molar-refractivity contribution in [1.82, 2.24) is 15.0 Å². The van der Waals surface area contributed by atoms with Crippen LogP contribution in [0.25, 0.3) is 11.0 Å². The predicted molar refractivity (Wildman–Crippen MR) is 53.6 cm³/mol. The standard InChI is InChI=1S/C9H8BrN3/c10-8-3-6-7(4-11-8)13-9(12-6)5-1-2-5/h3-5H,1-2H2,(H,12,13). The zero-order valence-corrected chi connectivity index (χ0v) is 8.50. The summed E-state index contributed by atoms with van der Waals surface area (Å²) < 4.78 is 0.842. The molecule has 2 aromatic heterocycles. The molecular formula is C9H8BrN3. The number of rotatable bonds is 1. The first-order chi connectivity index (χ1) is 6.33. The first kappa shape index (κ1) is 7.50. The first-order valence-electron chi connectivity index (χ1n) is 4.34. The molecule has 2 heterocycles. The van der Waals surface area contributed by atoms with Gasteiger partial charge in [0, 0.05) is 5.92 Å². The van der Waals surface area contributed by atoms with Crippen molar-refractivity contribution in [3.8, 4) is 0 Å². The van der Waals surface area contributed by atoms with E-state index in [9.17, 15) is 0 Å². The van der Waals surface area contributed by atoms with Crippen LogP contribution in [0.3, 0.4) is 0 Å². The zero-order valence-electron chi connectivity index (χ0n) is 6.92. The molecule has 66 valence electrons. The summed E-state index contributed by atoms with van der Waals surface area (Å²) in [6.45, 7) is 0. The number of nitrogens with one attached hydrogen (secondary N) is 1. The Bertz CT molecular complexity index is 459. The van der Waals surface area contributed by atoms with Crippen molar-refractivity contribution >= 4 is 27.0 Å². The molecule has 1 saturated carbocycles. The lowest BCUT2D eigenvalue weighted by Crippen LogP contribution is -1.79. The van der Waals surface area contributed by atoms with Gasteiger partial charge in [0.1, 0.15) is 10.4 Å². The molecule has 1 fully saturated rings. The Morgan fingerprint density at radius 3 is 3.08 bits per heavy atom. The molecule has 0 aliphatic heterocycles. The Morgan fingerprint density at radius 1 is 1.46 bits per heavy atom. The fourth-order valence-electron chi connectivity index (χ4n) is 1.45. The molecule has 3 rings (SSSR count). The van der Waals surface area contributed by atoms with Crippen LogP contribution in [0.4, 0.5) is 0 Å². The number of nitrogens with zero attached hydrogens (tertiary/aromatic N) is 2. The molecule has 0 aromatic carbocycles. The second kappa shape index (κ2) is 2.54. The number of H-pyrrole nitrogens is 1. The highest BCUT2D eigenvalue weighted by Gasteiger charge is 2.26. The summed E-state index contributed by atoms with van der Waals surface area (Å²) in [4.78, 5) is 11.9. The predicted octanol–water partition coefficient (Wildman–Crippen LogP) is 2.60. The van der Waals surface area contributed by atoms with Crippen LogP contribution in [0.2, 0.25) is 0 Å². The maximum absolute atomic E-state index is 4.51. The highest BCUT2D eigenvalue weighted by Crippen LogP contribution is 2.38. The molecular weight excluding hydrogens is 230 g/mol. The highest BCUT2D eigenvalue weighted by molar-refractivity contribution is 9.10. The van der Waals surface area contributed by atoms with E-state index in [1.165, 1.54) is 12.8 Å². The van der Waals surface area contributed by atoms with Crippen LogP contribution in [0.1, 0.15) is 24.6 Å². The lowest BCUT2D eigenvalue weighted by atomic mass is 10.4. The van der Waals surface area contributed by atoms with E-state index in [1.807, 2.05) is 12.3 Å². The first-order valence-corrected chi connectivity index (χ1v) is 5.13. The van der Waals surface area contributed by atoms with Gasteiger partial charge in [-0.2, -0.15) is 0 Å². The second-order valence-electron chi connectivity index (χ2n) is 3.42. The molecule has 1 aliphatic carbocycles. The minimum atomic E-state index is 0.672. The molecule has 0 spiro atoms. The van der Waals surface area contributed by atoms with Gasteiger partial charge in [-0.1, -0.05) is 0 Å². The number of imidazole rings is 1. The smallest absolute Gasteiger partial charge is 0.110 e. The minimum Gasteiger partial charge on any atom is -0.340 e. The van der Waals surface area contributed by atoms with Crippen molar-refractivity contribution in [3.63, 3.8) is 0 Å². The number of aromatic amines is 1. The van der Waals surface area contributed by atoms with Crippen molar-refractivity contribution < 1.29 is 0 Å². The molecule has 4 heteroatoms. The van der Waals surface area contributed by atoms with Gasteiger partial charge in [-0.25, -0.2) is 9.97 Å². The summed E-state index contributed by atoms with van der Waals surface area (Å²) >= 11 is 3.33. The summed E-state index contributed by atoms with van der Waals surface area (Å²) in [7, 11) is 0. The third-order valence-corrected chi connectivity index (χ3v) is 2.75. The third kappa shape index (κ3) is 1.25. The van der Waals surface area contributed by atoms with E-state index in [0.29, 0.717) is 5.92 Å². The van der Waals surface area contributed by atoms with Crippen molar-refractivity contribution in [2.45, 2.75) is 18.8 Å². The monoisotopic (exact) mass is 237 g/mol. The molecule has 0 bridgehead atoms. The Balaban J connectivity index is 2.20. The number of pyridine rings is 1. The molecule has 1 N–H and O–H groups in total. The Kier molecular flexibility index (Phi) is 1.47. The Hall–Kier alpha value is -0.900. The Morgan fingerprint density at radius 2 is 2.31 bits per heavy atom. The van der Waals surface area contributed by atoms with Crippen LogP contribution in [0, 0.1) is 0 Å². The minimum absolute atomic E-state index is 0.672. The SMILES string of the molecule is Brc1cc2nc(C3CC3)[nH]c2cn1. The van der Waals surface area contributed by atoms with Crippen LogP contribution in [0.5, 0.6) is 0 Å². The number of hydrogen-bond acceptors (Lipinski definition) is 2. The van der Waals surface area contributed by atoms with E-state index in [2.05, 4.69) is 30.9 Å². The number of aromatic nitrogens is 3. The van der Waals surface area contributed by atoms with Gasteiger partial charge in [-0.05, 0) is 34.8 Å². The number of fused-ring (bicyclic) bond motifs is 1. The average Bonchev–Trinajstić information content (AvgIpc) is 2.87. The fraction of sp³-hybridized carbons (Fsp3) is 0.333. The van der Waals surface area contributed by atoms with Gasteiger partial charge >= 0.3 is 0 Å². The van der Waals surface area contributed by atoms with E-state index >= 15 is 0 Å². The third-order valence-electron chi connectivity index (χ3n) is 2.32. The van der Waals surface area contributed by atoms with Gasteiger partial charge in [-0.3, -0.25) is 0 Å². The molecule has 0 saturated heterocycles. The molecule has 13 heavy (non-hydrogen) atoms. The van der Waals surface area contributed by atoms with E-state index in [1.54, 1.807) is 0 Å². The quantitative estimate of drug-likeness (QED) is 0.776. The van der Waals surface area contributed by atoms with Crippen molar-refractivity contribution in [2.75, 3.05) is 0 Å². The summed E-state index contributed by atoms with van der Waals surface area (Å²) in [6, 6.07) is 1.94. The van der Waals surface area contributed by atoms with Crippen molar-refractivity contribution in [3.05, 3.63) is 22.7 Å². The van der Waals surface area contributed by atoms with E-state index in [0.717, 1.165) is 21.5 Å². The maximum atomic E-state index is 4.51. The normalized spacial score (nSPS) is 16.7. The van der Waals surface area contributed by atoms with Gasteiger partial charge in [-0.15, -0.1) is 0 Å². The molecule has 3 nitrogen and oxygen atoms in total. The van der Waals surface area contributed by atoms with E-state index in [4.69, 9.17) is 0 Å². The van der Waals surface area contributed by atoms with Crippen LogP contribution < -0.4 is 0 Å². The van der Waals surface area contributed by atoms with Gasteiger partial charge < -0.3 is 4.98 Å². The van der Waals surface area contributed by atoms with Crippen molar-refractivity contribution in [1.29, 1.82) is 0 Å².